The highest BCUT2D eigenvalue weighted by atomic mass is 35.5. The highest BCUT2D eigenvalue weighted by molar-refractivity contribution is 6.42. The smallest absolute Gasteiger partial charge is 0.255 e. The average Bonchev–Trinajstić information content (AvgIpc) is 2.36. The van der Waals surface area contributed by atoms with E-state index in [2.05, 4.69) is 5.32 Å². The van der Waals surface area contributed by atoms with E-state index in [9.17, 15) is 9.59 Å². The number of rotatable bonds is 2. The number of aromatic nitrogens is 1. The lowest BCUT2D eigenvalue weighted by atomic mass is 10.2. The molecule has 2 aromatic rings. The zero-order valence-corrected chi connectivity index (χ0v) is 12.6. The number of hydrogen-bond donors (Lipinski definition) is 1. The molecule has 0 bridgehead atoms. The van der Waals surface area contributed by atoms with Gasteiger partial charge in [-0.1, -0.05) is 34.8 Å². The lowest BCUT2D eigenvalue weighted by molar-refractivity contribution is 0.102. The molecule has 0 unspecified atom stereocenters. The molecule has 1 aromatic heterocycles. The Bertz CT molecular complexity index is 718. The second kappa shape index (κ2) is 5.87. The van der Waals surface area contributed by atoms with Gasteiger partial charge >= 0.3 is 0 Å². The number of amides is 1. The molecule has 104 valence electrons. The van der Waals surface area contributed by atoms with Gasteiger partial charge in [-0.2, -0.15) is 0 Å². The Morgan fingerprint density at radius 1 is 1.15 bits per heavy atom. The predicted octanol–water partition coefficient (Wildman–Crippen LogP) is 3.60. The van der Waals surface area contributed by atoms with Crippen LogP contribution in [0.2, 0.25) is 15.1 Å². The zero-order valence-electron chi connectivity index (χ0n) is 10.3. The SMILES string of the molecule is Cn1ccc(C(=O)Nc2c(Cl)cc(Cl)cc2Cl)cc1=O. The van der Waals surface area contributed by atoms with Crippen LogP contribution in [0.4, 0.5) is 5.69 Å². The van der Waals surface area contributed by atoms with E-state index in [0.29, 0.717) is 5.02 Å². The maximum Gasteiger partial charge on any atom is 0.255 e. The summed E-state index contributed by atoms with van der Waals surface area (Å²) in [5.74, 6) is -0.478. The van der Waals surface area contributed by atoms with Crippen molar-refractivity contribution in [2.45, 2.75) is 0 Å². The predicted molar refractivity (Wildman–Crippen MR) is 81.1 cm³/mol. The number of halogens is 3. The minimum absolute atomic E-state index is 0.218. The van der Waals surface area contributed by atoms with Crippen LogP contribution in [0.5, 0.6) is 0 Å². The quantitative estimate of drug-likeness (QED) is 0.914. The molecule has 0 radical (unpaired) electrons. The molecule has 0 saturated carbocycles. The van der Waals surface area contributed by atoms with Gasteiger partial charge in [-0.05, 0) is 18.2 Å². The largest absolute Gasteiger partial charge is 0.319 e. The summed E-state index contributed by atoms with van der Waals surface area (Å²) >= 11 is 17.7. The lowest BCUT2D eigenvalue weighted by Gasteiger charge is -2.10. The van der Waals surface area contributed by atoms with Gasteiger partial charge < -0.3 is 9.88 Å². The minimum atomic E-state index is -0.478. The average molecular weight is 332 g/mol. The number of nitrogens with one attached hydrogen (secondary N) is 1. The summed E-state index contributed by atoms with van der Waals surface area (Å²) in [6, 6.07) is 5.69. The van der Waals surface area contributed by atoms with E-state index in [1.807, 2.05) is 0 Å². The molecule has 20 heavy (non-hydrogen) atoms. The Morgan fingerprint density at radius 3 is 2.30 bits per heavy atom. The number of nitrogens with zero attached hydrogens (tertiary/aromatic N) is 1. The molecule has 1 N–H and O–H groups in total. The molecule has 0 spiro atoms. The van der Waals surface area contributed by atoms with E-state index >= 15 is 0 Å². The molecule has 0 aliphatic heterocycles. The fourth-order valence-corrected chi connectivity index (χ4v) is 2.45. The van der Waals surface area contributed by atoms with Crippen molar-refractivity contribution in [1.82, 2.24) is 4.57 Å². The van der Waals surface area contributed by atoms with Crippen molar-refractivity contribution in [3.8, 4) is 0 Å². The minimum Gasteiger partial charge on any atom is -0.319 e. The van der Waals surface area contributed by atoms with Gasteiger partial charge in [-0.25, -0.2) is 0 Å². The van der Waals surface area contributed by atoms with Crippen LogP contribution < -0.4 is 10.9 Å². The first-order valence-electron chi connectivity index (χ1n) is 5.51. The Morgan fingerprint density at radius 2 is 1.75 bits per heavy atom. The molecule has 7 heteroatoms. The van der Waals surface area contributed by atoms with Gasteiger partial charge in [0.25, 0.3) is 11.5 Å². The summed E-state index contributed by atoms with van der Waals surface area (Å²) in [6.07, 6.45) is 1.50. The van der Waals surface area contributed by atoms with Gasteiger partial charge in [0.05, 0.1) is 15.7 Å². The summed E-state index contributed by atoms with van der Waals surface area (Å²) in [5.41, 5.74) is 0.185. The Balaban J connectivity index is 2.32. The number of benzene rings is 1. The van der Waals surface area contributed by atoms with E-state index in [-0.39, 0.29) is 26.9 Å². The molecule has 2 rings (SSSR count). The van der Waals surface area contributed by atoms with Gasteiger partial charge in [0, 0.05) is 29.9 Å². The molecule has 0 fully saturated rings. The number of aryl methyl sites for hydroxylation is 1. The van der Waals surface area contributed by atoms with Crippen LogP contribution in [-0.4, -0.2) is 10.5 Å². The van der Waals surface area contributed by atoms with Crippen molar-refractivity contribution >= 4 is 46.4 Å². The summed E-state index contributed by atoms with van der Waals surface area (Å²) in [5, 5.41) is 3.37. The van der Waals surface area contributed by atoms with Crippen LogP contribution in [0.3, 0.4) is 0 Å². The topological polar surface area (TPSA) is 51.1 Å². The second-order valence-electron chi connectivity index (χ2n) is 4.06. The standard InChI is InChI=1S/C13H9Cl3N2O2/c1-18-3-2-7(4-11(18)19)13(20)17-12-9(15)5-8(14)6-10(12)16/h2-6H,1H3,(H,17,20). The van der Waals surface area contributed by atoms with E-state index in [1.165, 1.54) is 35.0 Å². The lowest BCUT2D eigenvalue weighted by Crippen LogP contribution is -2.20. The van der Waals surface area contributed by atoms with Crippen molar-refractivity contribution in [2.24, 2.45) is 7.05 Å². The third-order valence-corrected chi connectivity index (χ3v) is 3.43. The van der Waals surface area contributed by atoms with Gasteiger partial charge in [-0.15, -0.1) is 0 Å². The summed E-state index contributed by atoms with van der Waals surface area (Å²) in [4.78, 5) is 23.5. The fraction of sp³-hybridized carbons (Fsp3) is 0.0769. The van der Waals surface area contributed by atoms with Gasteiger partial charge in [0.2, 0.25) is 0 Å². The molecule has 1 heterocycles. The molecule has 0 atom stereocenters. The van der Waals surface area contributed by atoms with Crippen LogP contribution in [0.25, 0.3) is 0 Å². The van der Waals surface area contributed by atoms with Gasteiger partial charge in [0.15, 0.2) is 0 Å². The first-order chi connectivity index (χ1) is 9.38. The molecule has 4 nitrogen and oxygen atoms in total. The number of pyridine rings is 1. The molecule has 0 saturated heterocycles. The number of anilines is 1. The third kappa shape index (κ3) is 3.15. The van der Waals surface area contributed by atoms with Gasteiger partial charge in [-0.3, -0.25) is 9.59 Å². The first-order valence-corrected chi connectivity index (χ1v) is 6.64. The number of carbonyl (C=O) groups excluding carboxylic acids is 1. The maximum absolute atomic E-state index is 12.1. The highest BCUT2D eigenvalue weighted by Gasteiger charge is 2.13. The van der Waals surface area contributed by atoms with Crippen molar-refractivity contribution < 1.29 is 4.79 Å². The van der Waals surface area contributed by atoms with Crippen LogP contribution in [0.15, 0.2) is 35.3 Å². The second-order valence-corrected chi connectivity index (χ2v) is 5.31. The number of hydrogen-bond acceptors (Lipinski definition) is 2. The maximum atomic E-state index is 12.1. The monoisotopic (exact) mass is 330 g/mol. The summed E-state index contributed by atoms with van der Waals surface area (Å²) < 4.78 is 1.36. The Kier molecular flexibility index (Phi) is 4.38. The fourth-order valence-electron chi connectivity index (χ4n) is 1.54. The molecule has 1 aromatic carbocycles. The highest BCUT2D eigenvalue weighted by Crippen LogP contribution is 2.33. The van der Waals surface area contributed by atoms with E-state index in [4.69, 9.17) is 34.8 Å². The molecule has 1 amide bonds. The van der Waals surface area contributed by atoms with Crippen molar-refractivity contribution in [1.29, 1.82) is 0 Å². The molecular weight excluding hydrogens is 323 g/mol. The first kappa shape index (κ1) is 14.9. The van der Waals surface area contributed by atoms with Crippen molar-refractivity contribution in [3.63, 3.8) is 0 Å². The molecule has 0 aliphatic rings. The zero-order chi connectivity index (χ0) is 14.9. The van der Waals surface area contributed by atoms with Crippen LogP contribution in [0.1, 0.15) is 10.4 Å². The van der Waals surface area contributed by atoms with Crippen LogP contribution in [-0.2, 0) is 7.05 Å². The molecule has 0 aliphatic carbocycles. The van der Waals surface area contributed by atoms with E-state index in [1.54, 1.807) is 7.05 Å². The Hall–Kier alpha value is -1.49. The van der Waals surface area contributed by atoms with Crippen molar-refractivity contribution in [2.75, 3.05) is 5.32 Å². The van der Waals surface area contributed by atoms with Crippen LogP contribution in [0, 0.1) is 0 Å². The van der Waals surface area contributed by atoms with E-state index in [0.717, 1.165) is 0 Å². The number of carbonyl (C=O) groups is 1. The summed E-state index contributed by atoms with van der Waals surface area (Å²) in [7, 11) is 1.59. The third-order valence-electron chi connectivity index (χ3n) is 2.61. The normalized spacial score (nSPS) is 10.4. The van der Waals surface area contributed by atoms with E-state index < -0.39 is 5.91 Å². The molecular formula is C13H9Cl3N2O2. The van der Waals surface area contributed by atoms with Crippen molar-refractivity contribution in [3.05, 3.63) is 61.4 Å². The van der Waals surface area contributed by atoms with Gasteiger partial charge in [0.1, 0.15) is 0 Å². The Labute approximate surface area is 129 Å². The summed E-state index contributed by atoms with van der Waals surface area (Å²) in [6.45, 7) is 0. The van der Waals surface area contributed by atoms with Crippen LogP contribution >= 0.6 is 34.8 Å².